The van der Waals surface area contributed by atoms with Crippen LogP contribution in [0.4, 0.5) is 17.1 Å². The fourth-order valence-corrected chi connectivity index (χ4v) is 3.52. The maximum Gasteiger partial charge on any atom is 0.246 e. The Morgan fingerprint density at radius 3 is 2.54 bits per heavy atom. The Bertz CT molecular complexity index is 792. The first kappa shape index (κ1) is 18.3. The van der Waals surface area contributed by atoms with Crippen molar-refractivity contribution in [3.05, 3.63) is 48.5 Å². The lowest BCUT2D eigenvalue weighted by molar-refractivity contribution is -0.117. The van der Waals surface area contributed by atoms with Gasteiger partial charge in [0.1, 0.15) is 6.04 Å². The van der Waals surface area contributed by atoms with Gasteiger partial charge < -0.3 is 15.5 Å². The molecule has 1 heterocycles. The summed E-state index contributed by atoms with van der Waals surface area (Å²) in [7, 11) is 0. The van der Waals surface area contributed by atoms with Crippen LogP contribution in [0.3, 0.4) is 0 Å². The first-order chi connectivity index (χ1) is 12.6. The highest BCUT2D eigenvalue weighted by atomic mass is 32.2. The lowest BCUT2D eigenvalue weighted by Gasteiger charge is -2.18. The van der Waals surface area contributed by atoms with Crippen LogP contribution < -0.4 is 15.5 Å². The molecule has 3 rings (SSSR count). The molecule has 0 bridgehead atoms. The van der Waals surface area contributed by atoms with E-state index in [-0.39, 0.29) is 17.9 Å². The minimum absolute atomic E-state index is 0.0923. The normalized spacial score (nSPS) is 15.0. The number of nitrogens with zero attached hydrogens (tertiary/aromatic N) is 1. The standard InChI is InChI=1S/C20H23N3O2S/c1-14(20(25)22-17-6-3-4-7-18(17)26-2)21-15-9-11-16(12-10-15)23-13-5-8-19(23)24/h3-4,6-7,9-12,14,21H,5,8,13H2,1-2H3,(H,22,25)/t14-/m0/s1. The van der Waals surface area contributed by atoms with Crippen molar-refractivity contribution < 1.29 is 9.59 Å². The summed E-state index contributed by atoms with van der Waals surface area (Å²) in [6.45, 7) is 2.61. The summed E-state index contributed by atoms with van der Waals surface area (Å²) in [6, 6.07) is 15.0. The molecule has 2 amide bonds. The minimum atomic E-state index is -0.385. The Morgan fingerprint density at radius 2 is 1.88 bits per heavy atom. The van der Waals surface area contributed by atoms with E-state index < -0.39 is 0 Å². The van der Waals surface area contributed by atoms with Crippen molar-refractivity contribution in [2.75, 3.05) is 28.3 Å². The van der Waals surface area contributed by atoms with Crippen LogP contribution in [-0.2, 0) is 9.59 Å². The Balaban J connectivity index is 1.61. The van der Waals surface area contributed by atoms with E-state index in [1.807, 2.05) is 61.7 Å². The van der Waals surface area contributed by atoms with E-state index in [0.29, 0.717) is 6.42 Å². The van der Waals surface area contributed by atoms with Gasteiger partial charge in [0.05, 0.1) is 5.69 Å². The van der Waals surface area contributed by atoms with E-state index in [9.17, 15) is 9.59 Å². The van der Waals surface area contributed by atoms with Crippen LogP contribution in [-0.4, -0.2) is 30.7 Å². The number of rotatable bonds is 6. The highest BCUT2D eigenvalue weighted by Crippen LogP contribution is 2.25. The molecular weight excluding hydrogens is 346 g/mol. The molecule has 0 saturated carbocycles. The first-order valence-corrected chi connectivity index (χ1v) is 9.92. The Hall–Kier alpha value is -2.47. The van der Waals surface area contributed by atoms with Crippen LogP contribution in [0.1, 0.15) is 19.8 Å². The monoisotopic (exact) mass is 369 g/mol. The van der Waals surface area contributed by atoms with E-state index >= 15 is 0 Å². The van der Waals surface area contributed by atoms with Crippen LogP contribution >= 0.6 is 11.8 Å². The second-order valence-electron chi connectivity index (χ2n) is 6.25. The number of para-hydroxylation sites is 1. The van der Waals surface area contributed by atoms with Crippen LogP contribution in [0.15, 0.2) is 53.4 Å². The maximum atomic E-state index is 12.5. The summed E-state index contributed by atoms with van der Waals surface area (Å²) in [5.74, 6) is 0.0798. The molecule has 0 aliphatic carbocycles. The number of thioether (sulfide) groups is 1. The highest BCUT2D eigenvalue weighted by Gasteiger charge is 2.21. The molecule has 1 atom stereocenters. The average molecular weight is 369 g/mol. The molecule has 2 aromatic carbocycles. The van der Waals surface area contributed by atoms with Gasteiger partial charge in [0.2, 0.25) is 11.8 Å². The van der Waals surface area contributed by atoms with Crippen molar-refractivity contribution in [2.24, 2.45) is 0 Å². The predicted molar refractivity (Wildman–Crippen MR) is 108 cm³/mol. The van der Waals surface area contributed by atoms with Gasteiger partial charge in [0, 0.05) is 29.2 Å². The SMILES string of the molecule is CSc1ccccc1NC(=O)[C@H](C)Nc1ccc(N2CCCC2=O)cc1. The maximum absolute atomic E-state index is 12.5. The number of hydrogen-bond donors (Lipinski definition) is 2. The van der Waals surface area contributed by atoms with E-state index in [1.54, 1.807) is 16.7 Å². The molecule has 1 aliphatic heterocycles. The summed E-state index contributed by atoms with van der Waals surface area (Å²) in [6.07, 6.45) is 3.52. The first-order valence-electron chi connectivity index (χ1n) is 8.69. The van der Waals surface area contributed by atoms with Crippen LogP contribution in [0, 0.1) is 0 Å². The third kappa shape index (κ3) is 4.19. The molecule has 5 nitrogen and oxygen atoms in total. The van der Waals surface area contributed by atoms with E-state index in [0.717, 1.165) is 34.9 Å². The number of hydrogen-bond acceptors (Lipinski definition) is 4. The number of carbonyl (C=O) groups is 2. The van der Waals surface area contributed by atoms with Gasteiger partial charge in [-0.15, -0.1) is 11.8 Å². The topological polar surface area (TPSA) is 61.4 Å². The molecule has 6 heteroatoms. The molecule has 0 aromatic heterocycles. The quantitative estimate of drug-likeness (QED) is 0.756. The third-order valence-corrected chi connectivity index (χ3v) is 5.19. The van der Waals surface area contributed by atoms with Crippen LogP contribution in [0.2, 0.25) is 0 Å². The molecule has 0 unspecified atom stereocenters. The largest absolute Gasteiger partial charge is 0.374 e. The predicted octanol–water partition coefficient (Wildman–Crippen LogP) is 3.97. The fourth-order valence-electron chi connectivity index (χ4n) is 2.96. The Labute approximate surface area is 158 Å². The fraction of sp³-hybridized carbons (Fsp3) is 0.300. The molecule has 1 fully saturated rings. The Morgan fingerprint density at radius 1 is 1.15 bits per heavy atom. The number of carbonyl (C=O) groups excluding carboxylic acids is 2. The van der Waals surface area contributed by atoms with Gasteiger partial charge in [-0.25, -0.2) is 0 Å². The summed E-state index contributed by atoms with van der Waals surface area (Å²) in [5, 5.41) is 6.17. The summed E-state index contributed by atoms with van der Waals surface area (Å²) in [4.78, 5) is 27.1. The van der Waals surface area contributed by atoms with Gasteiger partial charge in [-0.1, -0.05) is 12.1 Å². The van der Waals surface area contributed by atoms with E-state index in [1.165, 1.54) is 0 Å². The van der Waals surface area contributed by atoms with Crippen LogP contribution in [0.5, 0.6) is 0 Å². The number of nitrogens with one attached hydrogen (secondary N) is 2. The molecule has 136 valence electrons. The van der Waals surface area contributed by atoms with Crippen molar-refractivity contribution in [1.29, 1.82) is 0 Å². The van der Waals surface area contributed by atoms with Gasteiger partial charge in [0.25, 0.3) is 0 Å². The van der Waals surface area contributed by atoms with Crippen molar-refractivity contribution >= 4 is 40.6 Å². The molecule has 26 heavy (non-hydrogen) atoms. The third-order valence-electron chi connectivity index (χ3n) is 4.39. The van der Waals surface area contributed by atoms with E-state index in [4.69, 9.17) is 0 Å². The molecule has 1 saturated heterocycles. The number of amides is 2. The summed E-state index contributed by atoms with van der Waals surface area (Å²) < 4.78 is 0. The van der Waals surface area contributed by atoms with Gasteiger partial charge >= 0.3 is 0 Å². The van der Waals surface area contributed by atoms with Gasteiger partial charge in [-0.3, -0.25) is 9.59 Å². The van der Waals surface area contributed by atoms with Gasteiger partial charge in [0.15, 0.2) is 0 Å². The lowest BCUT2D eigenvalue weighted by Crippen LogP contribution is -2.32. The lowest BCUT2D eigenvalue weighted by atomic mass is 10.2. The molecule has 0 spiro atoms. The Kier molecular flexibility index (Phi) is 5.83. The van der Waals surface area contributed by atoms with E-state index in [2.05, 4.69) is 10.6 Å². The molecular formula is C20H23N3O2S. The zero-order chi connectivity index (χ0) is 18.5. The number of anilines is 3. The smallest absolute Gasteiger partial charge is 0.246 e. The van der Waals surface area contributed by atoms with Gasteiger partial charge in [-0.05, 0) is 56.0 Å². The highest BCUT2D eigenvalue weighted by molar-refractivity contribution is 7.98. The van der Waals surface area contributed by atoms with Crippen molar-refractivity contribution in [1.82, 2.24) is 0 Å². The zero-order valence-corrected chi connectivity index (χ0v) is 15.8. The van der Waals surface area contributed by atoms with Crippen LogP contribution in [0.25, 0.3) is 0 Å². The summed E-state index contributed by atoms with van der Waals surface area (Å²) in [5.41, 5.74) is 2.58. The second-order valence-corrected chi connectivity index (χ2v) is 7.10. The van der Waals surface area contributed by atoms with Crippen molar-refractivity contribution in [3.8, 4) is 0 Å². The molecule has 0 radical (unpaired) electrons. The van der Waals surface area contributed by atoms with Gasteiger partial charge in [-0.2, -0.15) is 0 Å². The molecule has 2 aromatic rings. The number of benzene rings is 2. The minimum Gasteiger partial charge on any atom is -0.374 e. The summed E-state index contributed by atoms with van der Waals surface area (Å²) >= 11 is 1.60. The average Bonchev–Trinajstić information content (AvgIpc) is 3.08. The van der Waals surface area contributed by atoms with Crippen molar-refractivity contribution in [2.45, 2.75) is 30.7 Å². The molecule has 1 aliphatic rings. The molecule has 2 N–H and O–H groups in total. The zero-order valence-electron chi connectivity index (χ0n) is 15.0. The van der Waals surface area contributed by atoms with Crippen molar-refractivity contribution in [3.63, 3.8) is 0 Å². The second kappa shape index (κ2) is 8.27.